The number of halogens is 1. The van der Waals surface area contributed by atoms with Gasteiger partial charge in [0.05, 0.1) is 19.2 Å². The first kappa shape index (κ1) is 44.4. The fraction of sp³-hybridized carbons (Fsp3) is 0.622. The lowest BCUT2D eigenvalue weighted by molar-refractivity contribution is -0.162. The first-order valence-corrected chi connectivity index (χ1v) is 20.5. The molecule has 4 N–H and O–H groups in total. The van der Waals surface area contributed by atoms with Gasteiger partial charge in [0.1, 0.15) is 35.1 Å². The molecule has 2 aliphatic rings. The van der Waals surface area contributed by atoms with Crippen molar-refractivity contribution in [3.8, 4) is 5.75 Å². The maximum absolute atomic E-state index is 14.0. The number of hydrogen-bond acceptors (Lipinski definition) is 12. The van der Waals surface area contributed by atoms with E-state index < -0.39 is 48.1 Å². The molecule has 3 rings (SSSR count). The van der Waals surface area contributed by atoms with Gasteiger partial charge in [-0.05, 0) is 56.2 Å². The van der Waals surface area contributed by atoms with Gasteiger partial charge in [-0.3, -0.25) is 14.9 Å². The quantitative estimate of drug-likeness (QED) is 0.154. The lowest BCUT2D eigenvalue weighted by Crippen LogP contribution is -2.63. The van der Waals surface area contributed by atoms with Crippen LogP contribution in [0.4, 0.5) is 10.5 Å². The molecule has 296 valence electrons. The molecule has 53 heavy (non-hydrogen) atoms. The Morgan fingerprint density at radius 1 is 1.21 bits per heavy atom. The summed E-state index contributed by atoms with van der Waals surface area (Å²) in [6.45, 7) is 7.79. The van der Waals surface area contributed by atoms with Gasteiger partial charge in [0.15, 0.2) is 5.72 Å². The SMILES string of the molecule is COc1cc2cc(c1Cl)N(C)C(=O)C[C@H](OC(=O)[C@H](C)N(C)C(=O)CCSSCCN)[C@@H](C)C[C@H](C)[C@@H]1C[C@@](O)(NC(=O)O1)[C@H](OC)/C=C/C=C(\C)C2. The molecule has 1 fully saturated rings. The Morgan fingerprint density at radius 2 is 1.91 bits per heavy atom. The minimum absolute atomic E-state index is 0.0153. The van der Waals surface area contributed by atoms with Crippen LogP contribution < -0.4 is 20.7 Å². The van der Waals surface area contributed by atoms with Crippen LogP contribution in [0.25, 0.3) is 0 Å². The van der Waals surface area contributed by atoms with Gasteiger partial charge in [-0.2, -0.15) is 0 Å². The molecule has 4 bridgehead atoms. The Labute approximate surface area is 326 Å². The van der Waals surface area contributed by atoms with Crippen molar-refractivity contribution in [1.29, 1.82) is 0 Å². The van der Waals surface area contributed by atoms with Crippen LogP contribution in [0.5, 0.6) is 5.75 Å². The van der Waals surface area contributed by atoms with E-state index in [9.17, 15) is 24.3 Å². The van der Waals surface area contributed by atoms with Gasteiger partial charge in [-0.1, -0.05) is 70.8 Å². The molecule has 13 nitrogen and oxygen atoms in total. The number of anilines is 1. The number of alkyl carbamates (subject to hydrolysis) is 1. The molecule has 16 heteroatoms. The van der Waals surface area contributed by atoms with E-state index >= 15 is 0 Å². The number of aliphatic hydroxyl groups is 1. The number of benzene rings is 1. The number of nitrogens with two attached hydrogens (primary N) is 1. The van der Waals surface area contributed by atoms with E-state index in [0.29, 0.717) is 36.6 Å². The number of fused-ring (bicyclic) bond motifs is 4. The van der Waals surface area contributed by atoms with Crippen LogP contribution in [0.15, 0.2) is 35.9 Å². The molecular weight excluding hydrogens is 744 g/mol. The van der Waals surface area contributed by atoms with Gasteiger partial charge in [-0.15, -0.1) is 0 Å². The molecule has 0 aromatic heterocycles. The fourth-order valence-electron chi connectivity index (χ4n) is 6.30. The smallest absolute Gasteiger partial charge is 0.409 e. The van der Waals surface area contributed by atoms with Gasteiger partial charge >= 0.3 is 12.1 Å². The van der Waals surface area contributed by atoms with Crippen molar-refractivity contribution < 1.29 is 43.2 Å². The van der Waals surface area contributed by atoms with Gasteiger partial charge in [0.25, 0.3) is 0 Å². The minimum atomic E-state index is -1.77. The Kier molecular flexibility index (Phi) is 17.3. The number of nitrogens with one attached hydrogen (secondary N) is 1. The predicted molar refractivity (Wildman–Crippen MR) is 210 cm³/mol. The lowest BCUT2D eigenvalue weighted by atomic mass is 9.83. The predicted octanol–water partition coefficient (Wildman–Crippen LogP) is 5.11. The van der Waals surface area contributed by atoms with Crippen molar-refractivity contribution in [2.75, 3.05) is 51.3 Å². The van der Waals surface area contributed by atoms with E-state index in [1.165, 1.54) is 24.0 Å². The van der Waals surface area contributed by atoms with Crippen molar-refractivity contribution in [3.63, 3.8) is 0 Å². The number of rotatable bonds is 11. The lowest BCUT2D eigenvalue weighted by Gasteiger charge is -2.42. The second kappa shape index (κ2) is 20.7. The van der Waals surface area contributed by atoms with E-state index in [1.54, 1.807) is 60.8 Å². The Morgan fingerprint density at radius 3 is 2.57 bits per heavy atom. The van der Waals surface area contributed by atoms with Crippen LogP contribution in [0.1, 0.15) is 58.9 Å². The number of nitrogens with zero attached hydrogens (tertiary/aromatic N) is 2. The van der Waals surface area contributed by atoms with Crippen molar-refractivity contribution in [2.24, 2.45) is 17.6 Å². The van der Waals surface area contributed by atoms with E-state index in [2.05, 4.69) is 5.32 Å². The molecule has 1 saturated heterocycles. The molecule has 0 aliphatic carbocycles. The molecule has 0 unspecified atom stereocenters. The normalized spacial score (nSPS) is 27.8. The topological polar surface area (TPSA) is 170 Å². The highest BCUT2D eigenvalue weighted by Crippen LogP contribution is 2.38. The Balaban J connectivity index is 1.99. The van der Waals surface area contributed by atoms with Crippen LogP contribution in [0.2, 0.25) is 5.02 Å². The second-order valence-corrected chi connectivity index (χ2v) is 16.8. The van der Waals surface area contributed by atoms with Crippen LogP contribution in [-0.2, 0) is 35.0 Å². The van der Waals surface area contributed by atoms with Crippen molar-refractivity contribution >= 4 is 62.8 Å². The number of carbonyl (C=O) groups excluding carboxylic acids is 4. The molecule has 1 aromatic carbocycles. The third-order valence-corrected chi connectivity index (χ3v) is 12.5. The highest BCUT2D eigenvalue weighted by molar-refractivity contribution is 8.76. The summed E-state index contributed by atoms with van der Waals surface area (Å²) in [4.78, 5) is 56.2. The number of methoxy groups -OCH3 is 2. The summed E-state index contributed by atoms with van der Waals surface area (Å²) in [6.07, 6.45) is 2.81. The zero-order valence-electron chi connectivity index (χ0n) is 31.9. The summed E-state index contributed by atoms with van der Waals surface area (Å²) in [5.74, 6) is -0.285. The average Bonchev–Trinajstić information content (AvgIpc) is 3.11. The Hall–Kier alpha value is -2.95. The highest BCUT2D eigenvalue weighted by atomic mass is 35.5. The number of amides is 3. The van der Waals surface area contributed by atoms with E-state index in [1.807, 2.05) is 32.9 Å². The van der Waals surface area contributed by atoms with E-state index in [0.717, 1.165) is 16.9 Å². The number of carbonyl (C=O) groups is 4. The maximum Gasteiger partial charge on any atom is 0.409 e. The molecule has 2 heterocycles. The summed E-state index contributed by atoms with van der Waals surface area (Å²) in [5, 5.41) is 14.5. The number of esters is 1. The number of likely N-dealkylation sites (N-methyl/N-ethyl adjacent to an activating group) is 1. The van der Waals surface area contributed by atoms with Gasteiger partial charge in [0.2, 0.25) is 11.8 Å². The number of hydrogen-bond donors (Lipinski definition) is 3. The summed E-state index contributed by atoms with van der Waals surface area (Å²) in [5.41, 5.74) is 5.95. The second-order valence-electron chi connectivity index (χ2n) is 13.7. The molecule has 0 saturated carbocycles. The third-order valence-electron chi connectivity index (χ3n) is 9.65. The molecule has 0 spiro atoms. The molecule has 2 aliphatic heterocycles. The minimum Gasteiger partial charge on any atom is -0.495 e. The molecule has 0 radical (unpaired) electrons. The Bertz CT molecular complexity index is 1510. The summed E-state index contributed by atoms with van der Waals surface area (Å²) >= 11 is 6.75. The average molecular weight is 799 g/mol. The molecular formula is C37H55ClN4O9S2. The fourth-order valence-corrected chi connectivity index (χ4v) is 8.45. The van der Waals surface area contributed by atoms with Crippen molar-refractivity contribution in [2.45, 2.75) is 89.9 Å². The molecule has 1 aromatic rings. The van der Waals surface area contributed by atoms with Crippen molar-refractivity contribution in [1.82, 2.24) is 10.2 Å². The van der Waals surface area contributed by atoms with Crippen LogP contribution >= 0.6 is 33.2 Å². The summed E-state index contributed by atoms with van der Waals surface area (Å²) in [7, 11) is 9.24. The molecule has 7 atom stereocenters. The zero-order valence-corrected chi connectivity index (χ0v) is 34.3. The van der Waals surface area contributed by atoms with Crippen LogP contribution in [-0.4, -0.2) is 110 Å². The number of allylic oxidation sites excluding steroid dienone is 3. The summed E-state index contributed by atoms with van der Waals surface area (Å²) in [6, 6.07) is 2.69. The van der Waals surface area contributed by atoms with Gasteiger partial charge < -0.3 is 39.6 Å². The zero-order chi connectivity index (χ0) is 39.5. The van der Waals surface area contributed by atoms with Crippen LogP contribution in [0.3, 0.4) is 0 Å². The van der Waals surface area contributed by atoms with E-state index in [4.69, 9.17) is 36.3 Å². The van der Waals surface area contributed by atoms with Crippen LogP contribution in [0, 0.1) is 11.8 Å². The van der Waals surface area contributed by atoms with Gasteiger partial charge in [0, 0.05) is 52.1 Å². The largest absolute Gasteiger partial charge is 0.495 e. The third kappa shape index (κ3) is 12.3. The van der Waals surface area contributed by atoms with E-state index in [-0.39, 0.29) is 42.0 Å². The molecule has 3 amide bonds. The first-order valence-electron chi connectivity index (χ1n) is 17.7. The first-order chi connectivity index (χ1) is 25.0. The van der Waals surface area contributed by atoms with Crippen molar-refractivity contribution in [3.05, 3.63) is 46.5 Å². The maximum atomic E-state index is 14.0. The van der Waals surface area contributed by atoms with Gasteiger partial charge in [-0.25, -0.2) is 9.59 Å². The standard InChI is InChI=1S/C37H55ClN4O9S2/c1-22-10-9-11-31(49-8)37(47)21-30(51-36(46)40-37)24(3)17-23(2)28(50-35(45)25(4)41(5)32(43)12-14-52-53-15-13-39)20-33(44)42(6)27-18-26(16-22)19-29(48-7)34(27)38/h9-11,18-19,23-25,28,30-31,47H,12-17,20-21,39H2,1-8H3,(H,40,46)/b11-9+,22-10+/t23-,24-,25-,28-,30-,31+,37-/m0/s1. The highest BCUT2D eigenvalue weighted by Gasteiger charge is 2.47. The monoisotopic (exact) mass is 798 g/mol. The number of ether oxygens (including phenoxy) is 4. The summed E-state index contributed by atoms with van der Waals surface area (Å²) < 4.78 is 22.9.